The first-order valence-corrected chi connectivity index (χ1v) is 13.6. The van der Waals surface area contributed by atoms with Crippen molar-refractivity contribution in [1.29, 1.82) is 0 Å². The van der Waals surface area contributed by atoms with Crippen LogP contribution in [0.4, 0.5) is 18.3 Å². The Labute approximate surface area is 221 Å². The molecule has 0 spiro atoms. The maximum atomic E-state index is 12.8. The SMILES string of the molecule is CSc1nnc(NC(=O)/C=C/[C@H](CCc2ccccc2)CC(=O)[C@@H]2CCCCN2)s1.O=C(O)C(F)(F)F. The summed E-state index contributed by atoms with van der Waals surface area (Å²) in [6, 6.07) is 10.2. The number of amides is 1. The highest BCUT2D eigenvalue weighted by Gasteiger charge is 2.38. The molecule has 2 heterocycles. The highest BCUT2D eigenvalue weighted by molar-refractivity contribution is 8.00. The lowest BCUT2D eigenvalue weighted by Gasteiger charge is -2.23. The molecule has 3 N–H and O–H groups in total. The van der Waals surface area contributed by atoms with E-state index >= 15 is 0 Å². The molecule has 0 bridgehead atoms. The van der Waals surface area contributed by atoms with Gasteiger partial charge in [0.2, 0.25) is 11.0 Å². The minimum absolute atomic E-state index is 0.0170. The van der Waals surface area contributed by atoms with E-state index in [9.17, 15) is 22.8 Å². The van der Waals surface area contributed by atoms with Crippen LogP contribution in [0.25, 0.3) is 0 Å². The van der Waals surface area contributed by atoms with Crippen LogP contribution in [0.3, 0.4) is 0 Å². The number of nitrogens with one attached hydrogen (secondary N) is 2. The number of aryl methyl sites for hydroxylation is 1. The number of rotatable bonds is 10. The molecule has 1 fully saturated rings. The molecule has 1 aliphatic rings. The number of carboxylic acid groups (broad SMARTS) is 1. The van der Waals surface area contributed by atoms with Crippen molar-refractivity contribution in [2.45, 2.75) is 55.1 Å². The largest absolute Gasteiger partial charge is 0.490 e. The van der Waals surface area contributed by atoms with Gasteiger partial charge in [-0.25, -0.2) is 4.79 Å². The predicted molar refractivity (Wildman–Crippen MR) is 137 cm³/mol. The summed E-state index contributed by atoms with van der Waals surface area (Å²) in [6.07, 6.45) is 5.50. The zero-order valence-corrected chi connectivity index (χ0v) is 21.8. The monoisotopic (exact) mass is 558 g/mol. The van der Waals surface area contributed by atoms with Crippen LogP contribution in [0.2, 0.25) is 0 Å². The summed E-state index contributed by atoms with van der Waals surface area (Å²) in [5, 5.41) is 21.6. The van der Waals surface area contributed by atoms with Crippen LogP contribution in [0.1, 0.15) is 37.7 Å². The summed E-state index contributed by atoms with van der Waals surface area (Å²) in [5.41, 5.74) is 1.24. The lowest BCUT2D eigenvalue weighted by Crippen LogP contribution is -2.41. The van der Waals surface area contributed by atoms with Gasteiger partial charge in [-0.05, 0) is 56.0 Å². The first-order valence-electron chi connectivity index (χ1n) is 11.5. The molecule has 0 aliphatic carbocycles. The summed E-state index contributed by atoms with van der Waals surface area (Å²) in [7, 11) is 0. The van der Waals surface area contributed by atoms with Crippen LogP contribution in [-0.2, 0) is 20.8 Å². The number of halogens is 3. The number of nitrogens with zero attached hydrogens (tertiary/aromatic N) is 2. The van der Waals surface area contributed by atoms with Crippen molar-refractivity contribution < 1.29 is 32.7 Å². The van der Waals surface area contributed by atoms with Crippen molar-refractivity contribution in [3.05, 3.63) is 48.0 Å². The van der Waals surface area contributed by atoms with Crippen molar-refractivity contribution in [3.8, 4) is 0 Å². The molecule has 1 saturated heterocycles. The van der Waals surface area contributed by atoms with E-state index in [1.807, 2.05) is 30.5 Å². The third-order valence-electron chi connectivity index (χ3n) is 5.38. The number of benzene rings is 1. The number of carbonyl (C=O) groups is 3. The quantitative estimate of drug-likeness (QED) is 0.217. The van der Waals surface area contributed by atoms with E-state index < -0.39 is 12.1 Å². The number of aliphatic carboxylic acids is 1. The second kappa shape index (κ2) is 15.5. The first-order chi connectivity index (χ1) is 17.6. The second-order valence-corrected chi connectivity index (χ2v) is 10.2. The molecule has 2 atom stereocenters. The molecule has 13 heteroatoms. The zero-order valence-electron chi connectivity index (χ0n) is 20.2. The van der Waals surface area contributed by atoms with E-state index in [0.717, 1.165) is 43.0 Å². The van der Waals surface area contributed by atoms with Crippen molar-refractivity contribution in [3.63, 3.8) is 0 Å². The maximum absolute atomic E-state index is 12.8. The molecule has 0 unspecified atom stereocenters. The Hall–Kier alpha value is -2.77. The number of ketones is 1. The number of hydrogen-bond acceptors (Lipinski definition) is 8. The Balaban J connectivity index is 0.000000604. The normalized spacial score (nSPS) is 16.5. The van der Waals surface area contributed by atoms with E-state index in [0.29, 0.717) is 11.6 Å². The van der Waals surface area contributed by atoms with Crippen LogP contribution in [-0.4, -0.2) is 58.0 Å². The molecule has 3 rings (SSSR count). The zero-order chi connectivity index (χ0) is 27.3. The number of aromatic nitrogens is 2. The molecule has 0 saturated carbocycles. The van der Waals surface area contributed by atoms with Crippen molar-refractivity contribution in [2.75, 3.05) is 18.1 Å². The fourth-order valence-electron chi connectivity index (χ4n) is 3.50. The van der Waals surface area contributed by atoms with Gasteiger partial charge >= 0.3 is 12.1 Å². The van der Waals surface area contributed by atoms with Gasteiger partial charge in [0.1, 0.15) is 5.78 Å². The molecule has 8 nitrogen and oxygen atoms in total. The van der Waals surface area contributed by atoms with E-state index in [2.05, 4.69) is 33.0 Å². The average molecular weight is 559 g/mol. The highest BCUT2D eigenvalue weighted by Crippen LogP contribution is 2.23. The van der Waals surface area contributed by atoms with Gasteiger partial charge in [-0.15, -0.1) is 10.2 Å². The lowest BCUT2D eigenvalue weighted by molar-refractivity contribution is -0.192. The number of thioether (sulfide) groups is 1. The van der Waals surface area contributed by atoms with Crippen LogP contribution >= 0.6 is 23.1 Å². The lowest BCUT2D eigenvalue weighted by atomic mass is 9.90. The summed E-state index contributed by atoms with van der Waals surface area (Å²) in [6.45, 7) is 0.906. The van der Waals surface area contributed by atoms with Crippen LogP contribution in [0, 0.1) is 5.92 Å². The van der Waals surface area contributed by atoms with Gasteiger partial charge in [0, 0.05) is 6.42 Å². The number of Topliss-reactive ketones (excluding diaryl/α,β-unsaturated/α-hetero) is 1. The van der Waals surface area contributed by atoms with Gasteiger partial charge in [0.25, 0.3) is 0 Å². The Morgan fingerprint density at radius 3 is 2.51 bits per heavy atom. The minimum atomic E-state index is -5.08. The summed E-state index contributed by atoms with van der Waals surface area (Å²) in [4.78, 5) is 34.0. The average Bonchev–Trinajstić information content (AvgIpc) is 3.34. The maximum Gasteiger partial charge on any atom is 0.490 e. The van der Waals surface area contributed by atoms with Gasteiger partial charge in [0.15, 0.2) is 4.34 Å². The van der Waals surface area contributed by atoms with Crippen molar-refractivity contribution >= 4 is 45.9 Å². The second-order valence-electron chi connectivity index (χ2n) is 8.19. The fraction of sp³-hybridized carbons (Fsp3) is 0.458. The van der Waals surface area contributed by atoms with Gasteiger partial charge < -0.3 is 10.4 Å². The number of piperidine rings is 1. The number of carbonyl (C=O) groups excluding carboxylic acids is 2. The van der Waals surface area contributed by atoms with E-state index in [-0.39, 0.29) is 23.7 Å². The number of alkyl halides is 3. The summed E-state index contributed by atoms with van der Waals surface area (Å²) in [5.74, 6) is -2.74. The van der Waals surface area contributed by atoms with Gasteiger partial charge in [-0.3, -0.25) is 14.9 Å². The third kappa shape index (κ3) is 11.9. The van der Waals surface area contributed by atoms with Gasteiger partial charge in [0.05, 0.1) is 6.04 Å². The Kier molecular flexibility index (Phi) is 12.7. The number of carboxylic acids is 1. The molecular formula is C24H29F3N4O4S2. The smallest absolute Gasteiger partial charge is 0.475 e. The molecule has 1 aromatic heterocycles. The van der Waals surface area contributed by atoms with Crippen molar-refractivity contribution in [1.82, 2.24) is 15.5 Å². The third-order valence-corrected chi connectivity index (χ3v) is 7.20. The summed E-state index contributed by atoms with van der Waals surface area (Å²) < 4.78 is 32.5. The van der Waals surface area contributed by atoms with Crippen LogP contribution in [0.15, 0.2) is 46.8 Å². The first kappa shape index (κ1) is 30.5. The molecule has 202 valence electrons. The van der Waals surface area contributed by atoms with Crippen LogP contribution in [0.5, 0.6) is 0 Å². The molecule has 1 aromatic carbocycles. The molecule has 1 aliphatic heterocycles. The minimum Gasteiger partial charge on any atom is -0.475 e. The van der Waals surface area contributed by atoms with Gasteiger partial charge in [-0.2, -0.15) is 13.2 Å². The fourth-order valence-corrected chi connectivity index (χ4v) is 4.68. The van der Waals surface area contributed by atoms with E-state index in [1.165, 1.54) is 34.7 Å². The highest BCUT2D eigenvalue weighted by atomic mass is 32.2. The summed E-state index contributed by atoms with van der Waals surface area (Å²) >= 11 is 2.84. The molecule has 0 radical (unpaired) electrons. The Bertz CT molecular complexity index is 1040. The molecule has 1 amide bonds. The Morgan fingerprint density at radius 2 is 1.95 bits per heavy atom. The standard InChI is InChI=1S/C22H28N4O2S2.C2HF3O2/c1-29-22-26-25-21(30-22)24-20(28)13-12-17(11-10-16-7-3-2-4-8-16)15-19(27)18-9-5-6-14-23-18;3-2(4,5)1(6)7/h2-4,7-8,12-13,17-18,23H,5-6,9-11,14-15H2,1H3,(H,24,25,28);(H,6,7)/b13-12+;/t17-,18-;/m0./s1. The predicted octanol–water partition coefficient (Wildman–Crippen LogP) is 4.74. The number of allylic oxidation sites excluding steroid dienone is 1. The Morgan fingerprint density at radius 1 is 1.24 bits per heavy atom. The van der Waals surface area contributed by atoms with E-state index in [1.54, 1.807) is 0 Å². The van der Waals surface area contributed by atoms with E-state index in [4.69, 9.17) is 9.90 Å². The molecule has 37 heavy (non-hydrogen) atoms. The van der Waals surface area contributed by atoms with Gasteiger partial charge in [-0.1, -0.05) is 65.9 Å². The topological polar surface area (TPSA) is 121 Å². The number of hydrogen-bond donors (Lipinski definition) is 3. The number of anilines is 1. The molecule has 2 aromatic rings. The van der Waals surface area contributed by atoms with Crippen molar-refractivity contribution in [2.24, 2.45) is 5.92 Å². The molecular weight excluding hydrogens is 529 g/mol. The van der Waals surface area contributed by atoms with Crippen LogP contribution < -0.4 is 10.6 Å².